The van der Waals surface area contributed by atoms with Crippen molar-refractivity contribution in [2.75, 3.05) is 58.5 Å². The number of carbonyl (C=O) groups is 5. The highest BCUT2D eigenvalue weighted by atomic mass is 79.9. The number of carboxylic acid groups (broad SMARTS) is 1. The van der Waals surface area contributed by atoms with Crippen molar-refractivity contribution < 1.29 is 33.8 Å². The summed E-state index contributed by atoms with van der Waals surface area (Å²) in [7, 11) is 0. The van der Waals surface area contributed by atoms with Crippen LogP contribution < -0.4 is 21.9 Å². The molecule has 0 saturated heterocycles. The Kier molecular flexibility index (Phi) is 43.8. The van der Waals surface area contributed by atoms with Gasteiger partial charge in [-0.15, -0.1) is 0 Å². The van der Waals surface area contributed by atoms with Gasteiger partial charge >= 0.3 is 11.9 Å². The van der Waals surface area contributed by atoms with Gasteiger partial charge in [0.25, 0.3) is 22.6 Å². The van der Waals surface area contributed by atoms with E-state index in [0.717, 1.165) is 10.4 Å². The van der Waals surface area contributed by atoms with Crippen molar-refractivity contribution in [3.63, 3.8) is 0 Å². The summed E-state index contributed by atoms with van der Waals surface area (Å²) in [6, 6.07) is 9.01. The minimum atomic E-state index is -1.27. The van der Waals surface area contributed by atoms with Gasteiger partial charge in [-0.2, -0.15) is 0 Å². The molecule has 0 aliphatic rings. The quantitative estimate of drug-likeness (QED) is 0.00913. The molecule has 3 aromatic carbocycles. The second-order valence-corrected chi connectivity index (χ2v) is 27.6. The molecular weight excluding hydrogens is 1750 g/mol. The topological polar surface area (TPSA) is 317 Å². The number of aromatic amines is 2. The molecule has 7 N–H and O–H groups in total. The lowest BCUT2D eigenvalue weighted by Crippen LogP contribution is -2.18. The number of carbonyl (C=O) groups excluding carboxylic acids is 4. The summed E-state index contributed by atoms with van der Waals surface area (Å²) in [5.74, 6) is -2.73. The molecule has 0 radical (unpaired) electrons. The third-order valence-corrected chi connectivity index (χ3v) is 16.3. The SMILES string of the molecule is BrCBr.C.CCOC(=O)c1cnc(SC)nc1Cl.CSc1ncc(C(=O)Cl)c(Cl)n1.CSc1ncc(C(=O)Nc2c(Cl)cc(Cl)cc2Cl)c(=S)[nH]1.CSc1ncc(C(=O)Nc2c(Cl)cc(Cl)cc2Cl)c(Cl)n1.CSc1ncc(C(=O)O)c(=O)[nH]1.Nc1c(Cl)cc(Cl)cc1Cl. The van der Waals surface area contributed by atoms with E-state index in [2.05, 4.69) is 92.3 Å². The lowest BCUT2D eigenvalue weighted by Gasteiger charge is -2.10. The molecule has 94 heavy (non-hydrogen) atoms. The fraction of sp³-hybridized carbons (Fsp3) is 0.173. The van der Waals surface area contributed by atoms with Crippen LogP contribution in [0.1, 0.15) is 66.1 Å². The summed E-state index contributed by atoms with van der Waals surface area (Å²) in [5, 5.41) is 18.7. The van der Waals surface area contributed by atoms with Gasteiger partial charge in [-0.25, -0.2) is 49.5 Å². The Morgan fingerprint density at radius 2 is 0.872 bits per heavy atom. The maximum absolute atomic E-state index is 12.2. The first-order valence-electron chi connectivity index (χ1n) is 23.9. The van der Waals surface area contributed by atoms with Gasteiger partial charge in [0, 0.05) is 46.1 Å². The number of hydrogen-bond acceptors (Lipinski definition) is 22. The molecule has 42 heteroatoms. The van der Waals surface area contributed by atoms with E-state index in [1.807, 2.05) is 18.8 Å². The summed E-state index contributed by atoms with van der Waals surface area (Å²) in [4.78, 5) is 104. The van der Waals surface area contributed by atoms with Crippen LogP contribution in [0.15, 0.2) is 98.0 Å². The van der Waals surface area contributed by atoms with E-state index in [9.17, 15) is 28.8 Å². The summed E-state index contributed by atoms with van der Waals surface area (Å²) < 4.78 is 5.93. The molecule has 0 fully saturated rings. The highest BCUT2D eigenvalue weighted by Crippen LogP contribution is 2.36. The van der Waals surface area contributed by atoms with Crippen molar-refractivity contribution in [3.05, 3.63) is 171 Å². The van der Waals surface area contributed by atoms with Gasteiger partial charge in [0.2, 0.25) is 0 Å². The Hall–Kier alpha value is -3.09. The second kappa shape index (κ2) is 46.3. The van der Waals surface area contributed by atoms with Crippen molar-refractivity contribution in [1.82, 2.24) is 49.8 Å². The maximum atomic E-state index is 12.2. The number of nitrogens with two attached hydrogens (primary N) is 1. The maximum Gasteiger partial charge on any atom is 0.342 e. The third-order valence-electron chi connectivity index (χ3n) is 9.61. The van der Waals surface area contributed by atoms with E-state index in [0.29, 0.717) is 63.2 Å². The van der Waals surface area contributed by atoms with Crippen molar-refractivity contribution >= 4 is 300 Å². The number of esters is 1. The molecule has 0 unspecified atom stereocenters. The van der Waals surface area contributed by atoms with Crippen LogP contribution in [0.4, 0.5) is 17.1 Å². The number of aromatic nitrogens is 10. The summed E-state index contributed by atoms with van der Waals surface area (Å²) in [6.45, 7) is 2.03. The molecule has 0 atom stereocenters. The van der Waals surface area contributed by atoms with Crippen LogP contribution in [-0.4, -0.2) is 126 Å². The largest absolute Gasteiger partial charge is 0.477 e. The number of nitrogens with zero attached hydrogens (tertiary/aromatic N) is 8. The molecule has 0 aliphatic carbocycles. The Balaban J connectivity index is 0.000000569. The van der Waals surface area contributed by atoms with Gasteiger partial charge in [0.1, 0.15) is 31.2 Å². The molecule has 506 valence electrons. The molecule has 0 aliphatic heterocycles. The smallest absolute Gasteiger partial charge is 0.342 e. The molecule has 21 nitrogen and oxygen atoms in total. The molecule has 2 amide bonds. The van der Waals surface area contributed by atoms with Crippen LogP contribution in [0.3, 0.4) is 0 Å². The number of halogens is 15. The lowest BCUT2D eigenvalue weighted by atomic mass is 10.2. The van der Waals surface area contributed by atoms with Crippen LogP contribution in [0, 0.1) is 4.64 Å². The zero-order chi connectivity index (χ0) is 70.4. The van der Waals surface area contributed by atoms with E-state index in [4.69, 9.17) is 179 Å². The van der Waals surface area contributed by atoms with E-state index in [-0.39, 0.29) is 86.8 Å². The number of anilines is 3. The number of amides is 2. The van der Waals surface area contributed by atoms with Crippen molar-refractivity contribution in [2.24, 2.45) is 0 Å². The highest BCUT2D eigenvalue weighted by Gasteiger charge is 2.19. The number of nitrogens with one attached hydrogen (secondary N) is 4. The number of hydrogen-bond donors (Lipinski definition) is 6. The first-order valence-corrected chi connectivity index (χ1v) is 37.5. The normalized spacial score (nSPS) is 9.93. The van der Waals surface area contributed by atoms with E-state index in [1.165, 1.54) is 108 Å². The molecule has 8 rings (SSSR count). The predicted octanol–water partition coefficient (Wildman–Crippen LogP) is 20.2. The fourth-order valence-electron chi connectivity index (χ4n) is 5.48. The first kappa shape index (κ1) is 88.9. The van der Waals surface area contributed by atoms with E-state index >= 15 is 0 Å². The van der Waals surface area contributed by atoms with E-state index in [1.54, 1.807) is 31.6 Å². The number of thioether (sulfide) groups is 5. The van der Waals surface area contributed by atoms with Crippen LogP contribution in [0.5, 0.6) is 0 Å². The molecule has 0 spiro atoms. The monoisotopic (exact) mass is 1780 g/mol. The zero-order valence-corrected chi connectivity index (χ0v) is 65.2. The number of alkyl halides is 2. The minimum Gasteiger partial charge on any atom is -0.477 e. The zero-order valence-electron chi connectivity index (χ0n) is 47.3. The van der Waals surface area contributed by atoms with Crippen LogP contribution >= 0.6 is 254 Å². The average Bonchev–Trinajstić information content (AvgIpc) is 0.844. The number of rotatable bonds is 13. The predicted molar refractivity (Wildman–Crippen MR) is 402 cm³/mol. The Bertz CT molecular complexity index is 4010. The number of carboxylic acids is 1. The van der Waals surface area contributed by atoms with Crippen molar-refractivity contribution in [3.8, 4) is 0 Å². The molecule has 8 aromatic rings. The molecule has 0 saturated carbocycles. The number of benzene rings is 3. The minimum absolute atomic E-state index is 0. The van der Waals surface area contributed by atoms with Crippen LogP contribution in [0.2, 0.25) is 60.7 Å². The second-order valence-electron chi connectivity index (χ2n) is 15.5. The summed E-state index contributed by atoms with van der Waals surface area (Å²) >= 11 is 93.0. The van der Waals surface area contributed by atoms with Gasteiger partial charge in [-0.3, -0.25) is 19.2 Å². The van der Waals surface area contributed by atoms with Crippen molar-refractivity contribution in [1.29, 1.82) is 0 Å². The Morgan fingerprint density at radius 3 is 1.19 bits per heavy atom. The van der Waals surface area contributed by atoms with Crippen LogP contribution in [-0.2, 0) is 4.74 Å². The molecular formula is C52H44Br2Cl13N13O8S6. The molecule has 5 heterocycles. The van der Waals surface area contributed by atoms with Gasteiger partial charge in [0.15, 0.2) is 25.8 Å². The Morgan fingerprint density at radius 1 is 0.543 bits per heavy atom. The lowest BCUT2D eigenvalue weighted by molar-refractivity contribution is 0.0524. The van der Waals surface area contributed by atoms with Crippen molar-refractivity contribution in [2.45, 2.75) is 40.1 Å². The number of ether oxygens (including phenoxy) is 1. The molecule has 0 bridgehead atoms. The number of H-pyrrole nitrogens is 2. The van der Waals surface area contributed by atoms with Gasteiger partial charge in [-0.1, -0.05) is 250 Å². The number of aromatic carboxylic acids is 1. The standard InChI is InChI=1S/C12H7Cl4N3OS.C12H8Cl3N3OS2.C8H9ClN2O2S.C6H4Cl3N.C6H4Cl2N2OS.C6H6N2O3S.CH2Br2.CH4/c1-21-12-17-4-6(10(16)19-12)11(20)18-9-7(14)2-5(13)3-8(9)15;1-21-12-16-4-6(11(20)18-12)10(19)17-9-7(14)2-5(13)3-8(9)15;1-3-13-7(12)5-4-10-8(14-2)11-6(5)9;7-3-1-4(8)6(10)5(9)2-3;1-12-6-9-2-3(5(8)11)4(7)10-6;1-12-6-7-2-3(5(10)11)4(9)8-6;2-1-3;/h2-4H,1H3,(H,18,20);2-4H,1H3,(H,17,19)(H,16,18,20);4H,3H2,1-2H3;1-2H,10H2;2H,1H3;2H,1H3,(H,10,11)(H,7,8,9);1H2;1H4. The van der Waals surface area contributed by atoms with E-state index < -0.39 is 34.6 Å². The van der Waals surface area contributed by atoms with Gasteiger partial charge in [0.05, 0.1) is 74.7 Å². The summed E-state index contributed by atoms with van der Waals surface area (Å²) in [6.07, 6.45) is 15.5. The average molecular weight is 1790 g/mol. The number of nitrogen functional groups attached to an aromatic ring is 1. The van der Waals surface area contributed by atoms with Gasteiger partial charge in [-0.05, 0) is 86.2 Å². The third kappa shape index (κ3) is 30.2. The molecule has 5 aromatic heterocycles. The highest BCUT2D eigenvalue weighted by molar-refractivity contribution is 9.24. The van der Waals surface area contributed by atoms with Gasteiger partial charge < -0.3 is 36.2 Å². The fourth-order valence-corrected chi connectivity index (χ4v) is 11.1. The Labute approximate surface area is 645 Å². The van der Waals surface area contributed by atoms with Crippen LogP contribution in [0.25, 0.3) is 0 Å². The first-order chi connectivity index (χ1) is 43.8. The summed E-state index contributed by atoms with van der Waals surface area (Å²) in [5.41, 5.74) is 6.04.